The fourth-order valence-corrected chi connectivity index (χ4v) is 2.43. The number of anilines is 1. The number of likely N-dealkylation sites (tertiary alicyclic amines) is 1. The zero-order valence-corrected chi connectivity index (χ0v) is 11.8. The molecule has 1 unspecified atom stereocenters. The summed E-state index contributed by atoms with van der Waals surface area (Å²) in [6, 6.07) is 0.500. The summed E-state index contributed by atoms with van der Waals surface area (Å²) in [6.07, 6.45) is 5.34. The standard InChI is InChI=1S/C11H15ClN8/c1-19-4-2-3-8(19)5-14-10-16-9(12)17-11(18-10)20-7-13-6-15-20/h6-8H,2-5H2,1H3,(H,14,16,17,18). The van der Waals surface area contributed by atoms with Crippen molar-refractivity contribution in [3.63, 3.8) is 0 Å². The molecule has 0 bridgehead atoms. The molecule has 0 spiro atoms. The number of nitrogens with one attached hydrogen (secondary N) is 1. The third kappa shape index (κ3) is 2.86. The number of aromatic nitrogens is 6. The quantitative estimate of drug-likeness (QED) is 0.884. The van der Waals surface area contributed by atoms with Gasteiger partial charge in [-0.3, -0.25) is 0 Å². The lowest BCUT2D eigenvalue weighted by molar-refractivity contribution is 0.322. The van der Waals surface area contributed by atoms with Crippen molar-refractivity contribution in [1.29, 1.82) is 0 Å². The molecule has 9 heteroatoms. The van der Waals surface area contributed by atoms with E-state index in [-0.39, 0.29) is 5.28 Å². The van der Waals surface area contributed by atoms with E-state index < -0.39 is 0 Å². The Kier molecular flexibility index (Phi) is 3.75. The van der Waals surface area contributed by atoms with Crippen molar-refractivity contribution in [3.8, 4) is 5.95 Å². The van der Waals surface area contributed by atoms with Gasteiger partial charge in [0, 0.05) is 12.6 Å². The SMILES string of the molecule is CN1CCCC1CNc1nc(Cl)nc(-n2cncn2)n1. The van der Waals surface area contributed by atoms with E-state index in [1.807, 2.05) is 0 Å². The molecule has 2 aromatic heterocycles. The Morgan fingerprint density at radius 2 is 2.30 bits per heavy atom. The molecule has 3 heterocycles. The molecule has 8 nitrogen and oxygen atoms in total. The van der Waals surface area contributed by atoms with E-state index in [0.29, 0.717) is 17.9 Å². The van der Waals surface area contributed by atoms with Crippen LogP contribution in [-0.4, -0.2) is 60.8 Å². The Bertz CT molecular complexity index is 572. The molecule has 1 N–H and O–H groups in total. The van der Waals surface area contributed by atoms with Crippen LogP contribution in [0.4, 0.5) is 5.95 Å². The van der Waals surface area contributed by atoms with Crippen LogP contribution < -0.4 is 5.32 Å². The van der Waals surface area contributed by atoms with Gasteiger partial charge in [0.25, 0.3) is 5.95 Å². The van der Waals surface area contributed by atoms with Crippen LogP contribution in [0, 0.1) is 0 Å². The van der Waals surface area contributed by atoms with Crippen molar-refractivity contribution in [2.24, 2.45) is 0 Å². The Morgan fingerprint density at radius 3 is 3.00 bits per heavy atom. The van der Waals surface area contributed by atoms with Crippen LogP contribution in [0.5, 0.6) is 0 Å². The molecule has 3 rings (SSSR count). The molecular formula is C11H15ClN8. The molecule has 20 heavy (non-hydrogen) atoms. The summed E-state index contributed by atoms with van der Waals surface area (Å²) in [6.45, 7) is 1.92. The maximum absolute atomic E-state index is 5.92. The first-order valence-corrected chi connectivity index (χ1v) is 6.81. The topological polar surface area (TPSA) is 84.6 Å². The molecule has 1 aliphatic rings. The molecule has 0 aromatic carbocycles. The first kappa shape index (κ1) is 13.2. The zero-order chi connectivity index (χ0) is 13.9. The number of hydrogen-bond donors (Lipinski definition) is 1. The number of hydrogen-bond acceptors (Lipinski definition) is 7. The Hall–Kier alpha value is -1.80. The summed E-state index contributed by atoms with van der Waals surface area (Å²) < 4.78 is 1.44. The fraction of sp³-hybridized carbons (Fsp3) is 0.545. The molecule has 2 aromatic rings. The molecule has 0 amide bonds. The van der Waals surface area contributed by atoms with Crippen molar-refractivity contribution in [3.05, 3.63) is 17.9 Å². The highest BCUT2D eigenvalue weighted by molar-refractivity contribution is 6.28. The minimum absolute atomic E-state index is 0.132. The summed E-state index contributed by atoms with van der Waals surface area (Å²) in [5.74, 6) is 0.806. The third-order valence-corrected chi connectivity index (χ3v) is 3.56. The first-order valence-electron chi connectivity index (χ1n) is 6.43. The van der Waals surface area contributed by atoms with Gasteiger partial charge in [0.05, 0.1) is 0 Å². The number of likely N-dealkylation sites (N-methyl/N-ethyl adjacent to an activating group) is 1. The van der Waals surface area contributed by atoms with Gasteiger partial charge < -0.3 is 10.2 Å². The van der Waals surface area contributed by atoms with Crippen molar-refractivity contribution in [2.45, 2.75) is 18.9 Å². The van der Waals surface area contributed by atoms with Crippen molar-refractivity contribution < 1.29 is 0 Å². The average molecular weight is 295 g/mol. The molecule has 1 aliphatic heterocycles. The fourth-order valence-electron chi connectivity index (χ4n) is 2.28. The van der Waals surface area contributed by atoms with Gasteiger partial charge in [0.15, 0.2) is 0 Å². The Labute approximate surface area is 121 Å². The second-order valence-electron chi connectivity index (χ2n) is 4.73. The van der Waals surface area contributed by atoms with Crippen molar-refractivity contribution in [1.82, 2.24) is 34.6 Å². The van der Waals surface area contributed by atoms with Gasteiger partial charge in [-0.2, -0.15) is 24.7 Å². The van der Waals surface area contributed by atoms with E-state index in [1.54, 1.807) is 0 Å². The predicted octanol–water partition coefficient (Wildman–Crippen LogP) is 0.612. The molecule has 1 fully saturated rings. The molecule has 0 radical (unpaired) electrons. The van der Waals surface area contributed by atoms with E-state index >= 15 is 0 Å². The van der Waals surface area contributed by atoms with Gasteiger partial charge in [-0.25, -0.2) is 4.98 Å². The third-order valence-electron chi connectivity index (χ3n) is 3.39. The largest absolute Gasteiger partial charge is 0.352 e. The van der Waals surface area contributed by atoms with Crippen LogP contribution >= 0.6 is 11.6 Å². The van der Waals surface area contributed by atoms with Gasteiger partial charge in [-0.1, -0.05) is 0 Å². The smallest absolute Gasteiger partial charge is 0.258 e. The van der Waals surface area contributed by atoms with E-state index in [2.05, 4.69) is 42.3 Å². The lowest BCUT2D eigenvalue weighted by Crippen LogP contribution is -2.32. The minimum atomic E-state index is 0.132. The van der Waals surface area contributed by atoms with Gasteiger partial charge in [0.1, 0.15) is 12.7 Å². The molecule has 1 saturated heterocycles. The summed E-state index contributed by atoms with van der Waals surface area (Å²) >= 11 is 5.92. The van der Waals surface area contributed by atoms with Gasteiger partial charge in [-0.05, 0) is 38.0 Å². The molecule has 1 atom stereocenters. The van der Waals surface area contributed by atoms with Gasteiger partial charge in [-0.15, -0.1) is 0 Å². The molecule has 0 aliphatic carbocycles. The van der Waals surface area contributed by atoms with E-state index in [0.717, 1.165) is 13.1 Å². The van der Waals surface area contributed by atoms with Gasteiger partial charge >= 0.3 is 0 Å². The average Bonchev–Trinajstić information content (AvgIpc) is 3.07. The first-order chi connectivity index (χ1) is 9.72. The maximum atomic E-state index is 5.92. The molecule has 0 saturated carbocycles. The van der Waals surface area contributed by atoms with Gasteiger partial charge in [0.2, 0.25) is 11.2 Å². The summed E-state index contributed by atoms with van der Waals surface area (Å²) in [5.41, 5.74) is 0. The zero-order valence-electron chi connectivity index (χ0n) is 11.1. The lowest BCUT2D eigenvalue weighted by atomic mass is 10.2. The lowest BCUT2D eigenvalue weighted by Gasteiger charge is -2.19. The van der Waals surface area contributed by atoms with E-state index in [4.69, 9.17) is 11.6 Å². The maximum Gasteiger partial charge on any atom is 0.258 e. The van der Waals surface area contributed by atoms with Crippen LogP contribution in [0.2, 0.25) is 5.28 Å². The van der Waals surface area contributed by atoms with Crippen LogP contribution in [0.15, 0.2) is 12.7 Å². The highest BCUT2D eigenvalue weighted by Gasteiger charge is 2.20. The molecular weight excluding hydrogens is 280 g/mol. The number of halogens is 1. The van der Waals surface area contributed by atoms with E-state index in [1.165, 1.54) is 30.2 Å². The second-order valence-corrected chi connectivity index (χ2v) is 5.06. The monoisotopic (exact) mass is 294 g/mol. The highest BCUT2D eigenvalue weighted by Crippen LogP contribution is 2.15. The second kappa shape index (κ2) is 5.68. The Balaban J connectivity index is 1.73. The predicted molar refractivity (Wildman–Crippen MR) is 73.9 cm³/mol. The van der Waals surface area contributed by atoms with Crippen LogP contribution in [0.3, 0.4) is 0 Å². The highest BCUT2D eigenvalue weighted by atomic mass is 35.5. The summed E-state index contributed by atoms with van der Waals surface area (Å²) in [5, 5.41) is 7.32. The minimum Gasteiger partial charge on any atom is -0.352 e. The number of rotatable bonds is 4. The summed E-state index contributed by atoms with van der Waals surface area (Å²) in [4.78, 5) is 18.6. The number of nitrogens with zero attached hydrogens (tertiary/aromatic N) is 7. The van der Waals surface area contributed by atoms with Crippen LogP contribution in [0.25, 0.3) is 5.95 Å². The summed E-state index contributed by atoms with van der Waals surface area (Å²) in [7, 11) is 2.13. The van der Waals surface area contributed by atoms with Crippen molar-refractivity contribution in [2.75, 3.05) is 25.5 Å². The molecule has 106 valence electrons. The normalized spacial score (nSPS) is 19.4. The van der Waals surface area contributed by atoms with Crippen molar-refractivity contribution >= 4 is 17.5 Å². The van der Waals surface area contributed by atoms with Crippen LogP contribution in [0.1, 0.15) is 12.8 Å². The van der Waals surface area contributed by atoms with Crippen LogP contribution in [-0.2, 0) is 0 Å². The Morgan fingerprint density at radius 1 is 1.40 bits per heavy atom. The van der Waals surface area contributed by atoms with E-state index in [9.17, 15) is 0 Å².